The molecule has 1 aliphatic carbocycles. The van der Waals surface area contributed by atoms with E-state index in [0.29, 0.717) is 18.2 Å². The molecule has 1 N–H and O–H groups in total. The van der Waals surface area contributed by atoms with Crippen LogP contribution in [0.1, 0.15) is 24.0 Å². The molecule has 0 atom stereocenters. The van der Waals surface area contributed by atoms with Crippen LogP contribution < -0.4 is 5.32 Å². The molecule has 72 valence electrons. The lowest BCUT2D eigenvalue weighted by molar-refractivity contribution is 0.584. The Morgan fingerprint density at radius 1 is 1.50 bits per heavy atom. The largest absolute Gasteiger partial charge is 0.310 e. The molecule has 0 aromatic heterocycles. The zero-order chi connectivity index (χ0) is 9.97. The highest BCUT2D eigenvalue weighted by atomic mass is 19.1. The van der Waals surface area contributed by atoms with Gasteiger partial charge in [0.05, 0.1) is 5.56 Å². The van der Waals surface area contributed by atoms with Crippen molar-refractivity contribution in [2.45, 2.75) is 25.4 Å². The van der Waals surface area contributed by atoms with Gasteiger partial charge < -0.3 is 5.32 Å². The summed E-state index contributed by atoms with van der Waals surface area (Å²) in [6.45, 7) is 0.520. The first kappa shape index (κ1) is 9.17. The number of hydrogen-bond acceptors (Lipinski definition) is 2. The molecule has 1 saturated carbocycles. The maximum absolute atomic E-state index is 13.5. The smallest absolute Gasteiger partial charge is 0.145 e. The molecule has 0 heterocycles. The van der Waals surface area contributed by atoms with Crippen LogP contribution in [0.2, 0.25) is 0 Å². The van der Waals surface area contributed by atoms with Gasteiger partial charge in [0.1, 0.15) is 11.9 Å². The first-order chi connectivity index (χ1) is 6.81. The van der Waals surface area contributed by atoms with Gasteiger partial charge in [0.15, 0.2) is 0 Å². The van der Waals surface area contributed by atoms with Crippen LogP contribution in [0.4, 0.5) is 4.39 Å². The normalized spacial score (nSPS) is 15.1. The molecule has 0 saturated heterocycles. The minimum atomic E-state index is -0.386. The van der Waals surface area contributed by atoms with E-state index in [2.05, 4.69) is 5.32 Å². The summed E-state index contributed by atoms with van der Waals surface area (Å²) >= 11 is 0. The third-order valence-corrected chi connectivity index (χ3v) is 2.36. The van der Waals surface area contributed by atoms with Crippen LogP contribution in [0.5, 0.6) is 0 Å². The van der Waals surface area contributed by atoms with Gasteiger partial charge >= 0.3 is 0 Å². The molecule has 1 fully saturated rings. The Morgan fingerprint density at radius 2 is 2.29 bits per heavy atom. The van der Waals surface area contributed by atoms with Gasteiger partial charge in [-0.1, -0.05) is 12.1 Å². The molecular weight excluding hydrogens is 179 g/mol. The highest BCUT2D eigenvalue weighted by Crippen LogP contribution is 2.20. The molecule has 3 heteroatoms. The van der Waals surface area contributed by atoms with E-state index in [9.17, 15) is 4.39 Å². The molecule has 0 amide bonds. The van der Waals surface area contributed by atoms with Crippen molar-refractivity contribution in [2.75, 3.05) is 0 Å². The van der Waals surface area contributed by atoms with Crippen LogP contribution in [0.25, 0.3) is 0 Å². The molecule has 0 radical (unpaired) electrons. The van der Waals surface area contributed by atoms with Crippen molar-refractivity contribution in [1.29, 1.82) is 5.26 Å². The number of benzene rings is 1. The minimum Gasteiger partial charge on any atom is -0.310 e. The number of halogens is 1. The topological polar surface area (TPSA) is 35.8 Å². The van der Waals surface area contributed by atoms with E-state index < -0.39 is 0 Å². The quantitative estimate of drug-likeness (QED) is 0.790. The van der Waals surface area contributed by atoms with Gasteiger partial charge in [0, 0.05) is 18.2 Å². The van der Waals surface area contributed by atoms with Gasteiger partial charge in [0.25, 0.3) is 0 Å². The Labute approximate surface area is 82.4 Å². The van der Waals surface area contributed by atoms with Gasteiger partial charge in [-0.2, -0.15) is 5.26 Å². The molecule has 1 aromatic rings. The summed E-state index contributed by atoms with van der Waals surface area (Å²) in [5.74, 6) is -0.386. The zero-order valence-electron chi connectivity index (χ0n) is 7.76. The van der Waals surface area contributed by atoms with Crippen LogP contribution in [-0.4, -0.2) is 6.04 Å². The predicted molar refractivity (Wildman–Crippen MR) is 51.0 cm³/mol. The van der Waals surface area contributed by atoms with Crippen LogP contribution in [0, 0.1) is 17.1 Å². The Kier molecular flexibility index (Phi) is 2.47. The summed E-state index contributed by atoms with van der Waals surface area (Å²) < 4.78 is 13.5. The average Bonchev–Trinajstić information content (AvgIpc) is 3.00. The van der Waals surface area contributed by atoms with Crippen molar-refractivity contribution >= 4 is 0 Å². The molecule has 2 nitrogen and oxygen atoms in total. The summed E-state index contributed by atoms with van der Waals surface area (Å²) in [4.78, 5) is 0. The van der Waals surface area contributed by atoms with E-state index in [-0.39, 0.29) is 11.4 Å². The van der Waals surface area contributed by atoms with Crippen LogP contribution in [0.15, 0.2) is 18.2 Å². The Morgan fingerprint density at radius 3 is 2.93 bits per heavy atom. The van der Waals surface area contributed by atoms with E-state index >= 15 is 0 Å². The SMILES string of the molecule is N#Cc1cccc(CNC2CC2)c1F. The van der Waals surface area contributed by atoms with Crippen molar-refractivity contribution in [1.82, 2.24) is 5.32 Å². The lowest BCUT2D eigenvalue weighted by Gasteiger charge is -2.04. The monoisotopic (exact) mass is 190 g/mol. The van der Waals surface area contributed by atoms with E-state index in [0.717, 1.165) is 0 Å². The highest BCUT2D eigenvalue weighted by molar-refractivity contribution is 5.34. The van der Waals surface area contributed by atoms with Crippen molar-refractivity contribution in [3.05, 3.63) is 35.1 Å². The lowest BCUT2D eigenvalue weighted by atomic mass is 10.1. The lowest BCUT2D eigenvalue weighted by Crippen LogP contribution is -2.16. The summed E-state index contributed by atoms with van der Waals surface area (Å²) in [6, 6.07) is 7.32. The second-order valence-electron chi connectivity index (χ2n) is 3.55. The fourth-order valence-electron chi connectivity index (χ4n) is 1.34. The Balaban J connectivity index is 2.11. The highest BCUT2D eigenvalue weighted by Gasteiger charge is 2.20. The van der Waals surface area contributed by atoms with E-state index in [1.54, 1.807) is 12.1 Å². The molecule has 2 rings (SSSR count). The minimum absolute atomic E-state index is 0.125. The number of hydrogen-bond donors (Lipinski definition) is 1. The fourth-order valence-corrected chi connectivity index (χ4v) is 1.34. The summed E-state index contributed by atoms with van der Waals surface area (Å²) in [6.07, 6.45) is 2.36. The van der Waals surface area contributed by atoms with Crippen molar-refractivity contribution < 1.29 is 4.39 Å². The first-order valence-electron chi connectivity index (χ1n) is 4.72. The molecule has 0 bridgehead atoms. The molecule has 0 unspecified atom stereocenters. The first-order valence-corrected chi connectivity index (χ1v) is 4.72. The zero-order valence-corrected chi connectivity index (χ0v) is 7.76. The van der Waals surface area contributed by atoms with Gasteiger partial charge in [-0.25, -0.2) is 4.39 Å². The molecule has 0 spiro atoms. The summed E-state index contributed by atoms with van der Waals surface area (Å²) in [7, 11) is 0. The molecular formula is C11H11FN2. The van der Waals surface area contributed by atoms with E-state index in [1.807, 2.05) is 6.07 Å². The van der Waals surface area contributed by atoms with E-state index in [1.165, 1.54) is 18.9 Å². The van der Waals surface area contributed by atoms with E-state index in [4.69, 9.17) is 5.26 Å². The third-order valence-electron chi connectivity index (χ3n) is 2.36. The maximum Gasteiger partial charge on any atom is 0.145 e. The molecule has 0 aliphatic heterocycles. The van der Waals surface area contributed by atoms with Gasteiger partial charge in [-0.15, -0.1) is 0 Å². The molecule has 1 aliphatic rings. The second kappa shape index (κ2) is 3.77. The Hall–Kier alpha value is -1.40. The summed E-state index contributed by atoms with van der Waals surface area (Å²) in [5.41, 5.74) is 0.705. The second-order valence-corrected chi connectivity index (χ2v) is 3.55. The maximum atomic E-state index is 13.5. The van der Waals surface area contributed by atoms with Crippen LogP contribution in [0.3, 0.4) is 0 Å². The van der Waals surface area contributed by atoms with Crippen molar-refractivity contribution in [2.24, 2.45) is 0 Å². The van der Waals surface area contributed by atoms with Gasteiger partial charge in [-0.3, -0.25) is 0 Å². The fraction of sp³-hybridized carbons (Fsp3) is 0.364. The number of nitrogens with one attached hydrogen (secondary N) is 1. The standard InChI is InChI=1S/C11H11FN2/c12-11-8(6-13)2-1-3-9(11)7-14-10-4-5-10/h1-3,10,14H,4-5,7H2. The third kappa shape index (κ3) is 1.91. The van der Waals surface area contributed by atoms with Gasteiger partial charge in [-0.05, 0) is 18.9 Å². The molecule has 1 aromatic carbocycles. The van der Waals surface area contributed by atoms with Crippen molar-refractivity contribution in [3.63, 3.8) is 0 Å². The van der Waals surface area contributed by atoms with Crippen molar-refractivity contribution in [3.8, 4) is 6.07 Å². The van der Waals surface area contributed by atoms with Crippen LogP contribution >= 0.6 is 0 Å². The number of nitrogens with zero attached hydrogens (tertiary/aromatic N) is 1. The average molecular weight is 190 g/mol. The number of rotatable bonds is 3. The number of nitriles is 1. The Bertz CT molecular complexity index is 377. The summed E-state index contributed by atoms with van der Waals surface area (Å²) in [5, 5.41) is 11.8. The van der Waals surface area contributed by atoms with Crippen LogP contribution in [-0.2, 0) is 6.54 Å². The predicted octanol–water partition coefficient (Wildman–Crippen LogP) is 1.95. The molecule has 14 heavy (non-hydrogen) atoms. The van der Waals surface area contributed by atoms with Gasteiger partial charge in [0.2, 0.25) is 0 Å².